The Labute approximate surface area is 153 Å². The monoisotopic (exact) mass is 375 g/mol. The normalized spacial score (nSPS) is 12.5. The van der Waals surface area contributed by atoms with Crippen LogP contribution in [0.5, 0.6) is 0 Å². The Morgan fingerprint density at radius 3 is 2.04 bits per heavy atom. The molecule has 0 saturated carbocycles. The maximum atomic E-state index is 12.2. The van der Waals surface area contributed by atoms with Gasteiger partial charge in [-0.15, -0.1) is 0 Å². The molecule has 4 N–H and O–H groups in total. The zero-order chi connectivity index (χ0) is 19.9. The average Bonchev–Trinajstić information content (AvgIpc) is 2.63. The Morgan fingerprint density at radius 2 is 1.54 bits per heavy atom. The minimum absolute atomic E-state index is 0.00398. The smallest absolute Gasteiger partial charge is 0.328 e. The van der Waals surface area contributed by atoms with Crippen molar-refractivity contribution in [1.29, 1.82) is 0 Å². The van der Waals surface area contributed by atoms with Crippen molar-refractivity contribution in [3.05, 3.63) is 0 Å². The van der Waals surface area contributed by atoms with E-state index in [-0.39, 0.29) is 19.4 Å². The molecule has 0 radical (unpaired) electrons. The van der Waals surface area contributed by atoms with E-state index in [4.69, 9.17) is 10.5 Å². The molecule has 0 aromatic heterocycles. The second-order valence-corrected chi connectivity index (χ2v) is 5.40. The van der Waals surface area contributed by atoms with Crippen LogP contribution in [0.2, 0.25) is 0 Å². The summed E-state index contributed by atoms with van der Waals surface area (Å²) in [7, 11) is 2.39. The molecule has 10 nitrogen and oxygen atoms in total. The van der Waals surface area contributed by atoms with Crippen molar-refractivity contribution >= 4 is 23.9 Å². The molecule has 0 spiro atoms. The summed E-state index contributed by atoms with van der Waals surface area (Å²) >= 11 is 0. The first-order chi connectivity index (χ1) is 12.4. The van der Waals surface area contributed by atoms with Crippen molar-refractivity contribution in [3.8, 4) is 0 Å². The zero-order valence-electron chi connectivity index (χ0n) is 15.5. The van der Waals surface area contributed by atoms with E-state index >= 15 is 0 Å². The Kier molecular flexibility index (Phi) is 12.6. The van der Waals surface area contributed by atoms with Gasteiger partial charge in [-0.1, -0.05) is 0 Å². The number of hydrogen-bond donors (Lipinski definition) is 3. The number of hydrogen-bond acceptors (Lipinski definition) is 8. The predicted octanol–water partition coefficient (Wildman–Crippen LogP) is -0.159. The Hall–Kier alpha value is -2.36. The molecule has 26 heavy (non-hydrogen) atoms. The third-order valence-electron chi connectivity index (χ3n) is 3.48. The van der Waals surface area contributed by atoms with Gasteiger partial charge in [0, 0.05) is 6.42 Å². The highest BCUT2D eigenvalue weighted by Crippen LogP contribution is 2.05. The van der Waals surface area contributed by atoms with E-state index in [0.717, 1.165) is 0 Å². The average molecular weight is 375 g/mol. The molecule has 0 fully saturated rings. The summed E-state index contributed by atoms with van der Waals surface area (Å²) in [5.74, 6) is -1.80. The summed E-state index contributed by atoms with van der Waals surface area (Å²) in [5, 5.41) is 4.88. The Morgan fingerprint density at radius 1 is 0.923 bits per heavy atom. The first-order valence-corrected chi connectivity index (χ1v) is 8.47. The zero-order valence-corrected chi connectivity index (χ0v) is 15.5. The summed E-state index contributed by atoms with van der Waals surface area (Å²) in [6.07, 6.45) is 1.61. The molecular weight excluding hydrogens is 346 g/mol. The van der Waals surface area contributed by atoms with Crippen LogP contribution >= 0.6 is 0 Å². The summed E-state index contributed by atoms with van der Waals surface area (Å²) in [5.41, 5.74) is 5.43. The molecule has 0 aromatic carbocycles. The van der Waals surface area contributed by atoms with Crippen LogP contribution in [0.3, 0.4) is 0 Å². The number of rotatable bonds is 12. The minimum atomic E-state index is -1.05. The number of ether oxygens (including phenoxy) is 3. The van der Waals surface area contributed by atoms with Gasteiger partial charge in [0.1, 0.15) is 12.1 Å². The van der Waals surface area contributed by atoms with E-state index < -0.39 is 36.0 Å². The van der Waals surface area contributed by atoms with E-state index in [2.05, 4.69) is 20.1 Å². The van der Waals surface area contributed by atoms with Crippen LogP contribution in [0.4, 0.5) is 4.79 Å². The lowest BCUT2D eigenvalue weighted by molar-refractivity contribution is -0.145. The van der Waals surface area contributed by atoms with Gasteiger partial charge in [-0.05, 0) is 39.2 Å². The number of carbonyl (C=O) groups is 4. The van der Waals surface area contributed by atoms with Gasteiger partial charge >= 0.3 is 23.9 Å². The Balaban J connectivity index is 4.80. The van der Waals surface area contributed by atoms with E-state index in [1.54, 1.807) is 6.92 Å². The molecule has 2 atom stereocenters. The summed E-state index contributed by atoms with van der Waals surface area (Å²) < 4.78 is 14.1. The van der Waals surface area contributed by atoms with Crippen LogP contribution in [0.25, 0.3) is 0 Å². The second kappa shape index (κ2) is 13.9. The lowest BCUT2D eigenvalue weighted by Crippen LogP contribution is -2.51. The van der Waals surface area contributed by atoms with Gasteiger partial charge in [-0.2, -0.15) is 0 Å². The molecule has 2 unspecified atom stereocenters. The van der Waals surface area contributed by atoms with Crippen LogP contribution < -0.4 is 16.4 Å². The van der Waals surface area contributed by atoms with Gasteiger partial charge in [-0.25, -0.2) is 14.4 Å². The van der Waals surface area contributed by atoms with Crippen molar-refractivity contribution in [1.82, 2.24) is 10.6 Å². The molecule has 150 valence electrons. The largest absolute Gasteiger partial charge is 0.469 e. The van der Waals surface area contributed by atoms with Crippen molar-refractivity contribution < 1.29 is 33.4 Å². The van der Waals surface area contributed by atoms with E-state index in [9.17, 15) is 19.2 Å². The highest BCUT2D eigenvalue weighted by molar-refractivity contribution is 5.87. The number of amides is 2. The standard InChI is InChI=1S/C16H29N3O7/c1-4-26-15(22)11(7-5-6-10-17)18-16(23)19-12(14(21)25-3)8-9-13(20)24-2/h11-12H,4-10,17H2,1-3H3,(H2,18,19,23). The third-order valence-corrected chi connectivity index (χ3v) is 3.48. The van der Waals surface area contributed by atoms with E-state index in [0.29, 0.717) is 25.8 Å². The lowest BCUT2D eigenvalue weighted by Gasteiger charge is -2.20. The fourth-order valence-corrected chi connectivity index (χ4v) is 2.10. The van der Waals surface area contributed by atoms with E-state index in [1.165, 1.54) is 14.2 Å². The van der Waals surface area contributed by atoms with Crippen LogP contribution in [0.1, 0.15) is 39.0 Å². The molecule has 0 aliphatic heterocycles. The molecular formula is C16H29N3O7. The summed E-state index contributed by atoms with van der Waals surface area (Å²) in [4.78, 5) is 47.1. The van der Waals surface area contributed by atoms with Gasteiger partial charge in [0.2, 0.25) is 0 Å². The molecule has 0 aliphatic carbocycles. The number of esters is 3. The number of methoxy groups -OCH3 is 2. The summed E-state index contributed by atoms with van der Waals surface area (Å²) in [6.45, 7) is 2.31. The molecule has 0 aliphatic rings. The molecule has 0 saturated heterocycles. The second-order valence-electron chi connectivity index (χ2n) is 5.40. The number of unbranched alkanes of at least 4 members (excludes halogenated alkanes) is 1. The van der Waals surface area contributed by atoms with Crippen molar-refractivity contribution in [2.24, 2.45) is 5.73 Å². The first kappa shape index (κ1) is 23.6. The quantitative estimate of drug-likeness (QED) is 0.242. The molecule has 0 bridgehead atoms. The topological polar surface area (TPSA) is 146 Å². The fourth-order valence-electron chi connectivity index (χ4n) is 2.10. The van der Waals surface area contributed by atoms with Gasteiger partial charge in [0.25, 0.3) is 0 Å². The first-order valence-electron chi connectivity index (χ1n) is 8.47. The van der Waals surface area contributed by atoms with Crippen LogP contribution in [-0.2, 0) is 28.6 Å². The number of urea groups is 1. The van der Waals surface area contributed by atoms with Crippen LogP contribution in [0, 0.1) is 0 Å². The maximum absolute atomic E-state index is 12.2. The molecule has 2 amide bonds. The fraction of sp³-hybridized carbons (Fsp3) is 0.750. The third kappa shape index (κ3) is 9.82. The van der Waals surface area contributed by atoms with Gasteiger partial charge < -0.3 is 30.6 Å². The van der Waals surface area contributed by atoms with Crippen LogP contribution in [-0.4, -0.2) is 63.4 Å². The van der Waals surface area contributed by atoms with E-state index in [1.807, 2.05) is 0 Å². The van der Waals surface area contributed by atoms with Crippen molar-refractivity contribution in [2.75, 3.05) is 27.4 Å². The number of nitrogens with one attached hydrogen (secondary N) is 2. The number of nitrogens with two attached hydrogens (primary N) is 1. The summed E-state index contributed by atoms with van der Waals surface area (Å²) in [6, 6.07) is -2.65. The Bertz CT molecular complexity index is 471. The lowest BCUT2D eigenvalue weighted by atomic mass is 10.1. The van der Waals surface area contributed by atoms with Crippen LogP contribution in [0.15, 0.2) is 0 Å². The minimum Gasteiger partial charge on any atom is -0.469 e. The molecule has 0 rings (SSSR count). The van der Waals surface area contributed by atoms with Gasteiger partial charge in [0.15, 0.2) is 0 Å². The molecule has 10 heteroatoms. The predicted molar refractivity (Wildman–Crippen MR) is 92.0 cm³/mol. The number of carbonyl (C=O) groups excluding carboxylic acids is 4. The molecule has 0 heterocycles. The van der Waals surface area contributed by atoms with Crippen molar-refractivity contribution in [2.45, 2.75) is 51.1 Å². The highest BCUT2D eigenvalue weighted by Gasteiger charge is 2.26. The SMILES string of the molecule is CCOC(=O)C(CCCCN)NC(=O)NC(CCC(=O)OC)C(=O)OC. The maximum Gasteiger partial charge on any atom is 0.328 e. The molecule has 0 aromatic rings. The van der Waals surface area contributed by atoms with Gasteiger partial charge in [-0.3, -0.25) is 4.79 Å². The van der Waals surface area contributed by atoms with Crippen molar-refractivity contribution in [3.63, 3.8) is 0 Å². The van der Waals surface area contributed by atoms with Gasteiger partial charge in [0.05, 0.1) is 20.8 Å². The highest BCUT2D eigenvalue weighted by atomic mass is 16.5.